The van der Waals surface area contributed by atoms with Crippen molar-refractivity contribution in [3.63, 3.8) is 0 Å². The highest BCUT2D eigenvalue weighted by Crippen LogP contribution is 2.20. The van der Waals surface area contributed by atoms with Crippen molar-refractivity contribution in [2.45, 2.75) is 18.4 Å². The molecule has 2 aromatic rings. The largest absolute Gasteiger partial charge is 0.332 e. The SMILES string of the molecule is CCc1ncc(S(=O)(=O)Nc2ncccc2Cl)[nH]1. The molecular weight excluding hydrogens is 276 g/mol. The molecule has 8 heteroatoms. The molecule has 0 amide bonds. The first-order chi connectivity index (χ1) is 8.53. The first-order valence-electron chi connectivity index (χ1n) is 5.20. The van der Waals surface area contributed by atoms with Gasteiger partial charge in [0.25, 0.3) is 10.0 Å². The molecule has 96 valence electrons. The smallest absolute Gasteiger partial charge is 0.280 e. The Balaban J connectivity index is 2.30. The molecule has 0 aliphatic heterocycles. The lowest BCUT2D eigenvalue weighted by Gasteiger charge is -2.06. The van der Waals surface area contributed by atoms with Gasteiger partial charge in [-0.25, -0.2) is 9.97 Å². The summed E-state index contributed by atoms with van der Waals surface area (Å²) in [5.41, 5.74) is 0. The first-order valence-corrected chi connectivity index (χ1v) is 7.06. The number of sulfonamides is 1. The number of rotatable bonds is 4. The Morgan fingerprint density at radius 1 is 1.44 bits per heavy atom. The van der Waals surface area contributed by atoms with Crippen LogP contribution in [-0.4, -0.2) is 23.4 Å². The summed E-state index contributed by atoms with van der Waals surface area (Å²) in [6.07, 6.45) is 3.34. The van der Waals surface area contributed by atoms with E-state index < -0.39 is 10.0 Å². The van der Waals surface area contributed by atoms with Crippen LogP contribution < -0.4 is 4.72 Å². The van der Waals surface area contributed by atoms with Crippen LogP contribution >= 0.6 is 11.6 Å². The maximum absolute atomic E-state index is 12.0. The molecule has 0 radical (unpaired) electrons. The Morgan fingerprint density at radius 2 is 2.22 bits per heavy atom. The molecule has 0 saturated heterocycles. The third kappa shape index (κ3) is 2.62. The number of anilines is 1. The summed E-state index contributed by atoms with van der Waals surface area (Å²) >= 11 is 5.83. The molecule has 2 N–H and O–H groups in total. The molecule has 0 fully saturated rings. The zero-order valence-corrected chi connectivity index (χ0v) is 11.1. The van der Waals surface area contributed by atoms with Gasteiger partial charge in [0.15, 0.2) is 10.8 Å². The predicted octanol–water partition coefficient (Wildman–Crippen LogP) is 1.82. The van der Waals surface area contributed by atoms with E-state index in [1.54, 1.807) is 12.1 Å². The lowest BCUT2D eigenvalue weighted by atomic mass is 10.5. The summed E-state index contributed by atoms with van der Waals surface area (Å²) in [4.78, 5) is 10.5. The Labute approximate surface area is 109 Å². The number of aromatic amines is 1. The Bertz CT molecular complexity index is 653. The molecular formula is C10H11ClN4O2S. The molecule has 0 aliphatic carbocycles. The molecule has 0 aromatic carbocycles. The highest BCUT2D eigenvalue weighted by molar-refractivity contribution is 7.92. The van der Waals surface area contributed by atoms with E-state index in [4.69, 9.17) is 11.6 Å². The van der Waals surface area contributed by atoms with Crippen molar-refractivity contribution in [1.82, 2.24) is 15.0 Å². The standard InChI is InChI=1S/C10H11ClN4O2S/c1-2-8-13-6-9(14-8)18(16,17)15-10-7(11)4-3-5-12-10/h3-6H,2H2,1H3,(H,12,15)(H,13,14). The fourth-order valence-electron chi connectivity index (χ4n) is 1.30. The van der Waals surface area contributed by atoms with Gasteiger partial charge < -0.3 is 4.98 Å². The van der Waals surface area contributed by atoms with Crippen LogP contribution in [0, 0.1) is 0 Å². The number of halogens is 1. The van der Waals surface area contributed by atoms with Crippen molar-refractivity contribution in [1.29, 1.82) is 0 Å². The van der Waals surface area contributed by atoms with Crippen LogP contribution in [0.2, 0.25) is 5.02 Å². The molecule has 0 bridgehead atoms. The third-order valence-corrected chi connectivity index (χ3v) is 3.77. The molecule has 0 unspecified atom stereocenters. The monoisotopic (exact) mass is 286 g/mol. The van der Waals surface area contributed by atoms with E-state index in [0.717, 1.165) is 0 Å². The van der Waals surface area contributed by atoms with Crippen molar-refractivity contribution in [3.8, 4) is 0 Å². The lowest BCUT2D eigenvalue weighted by molar-refractivity contribution is 0.597. The molecule has 0 saturated carbocycles. The number of nitrogens with zero attached hydrogens (tertiary/aromatic N) is 2. The van der Waals surface area contributed by atoms with E-state index >= 15 is 0 Å². The Hall–Kier alpha value is -1.60. The molecule has 2 rings (SSSR count). The summed E-state index contributed by atoms with van der Waals surface area (Å²) < 4.78 is 26.3. The molecule has 0 atom stereocenters. The van der Waals surface area contributed by atoms with Gasteiger partial charge in [0.05, 0.1) is 11.2 Å². The van der Waals surface area contributed by atoms with Crippen molar-refractivity contribution in [2.75, 3.05) is 4.72 Å². The number of H-pyrrole nitrogens is 1. The summed E-state index contributed by atoms with van der Waals surface area (Å²) in [6.45, 7) is 1.87. The number of hydrogen-bond acceptors (Lipinski definition) is 4. The first kappa shape index (κ1) is 12.8. The van der Waals surface area contributed by atoms with Gasteiger partial charge in [0, 0.05) is 12.6 Å². The maximum Gasteiger partial charge on any atom is 0.280 e. The lowest BCUT2D eigenvalue weighted by Crippen LogP contribution is -2.14. The number of imidazole rings is 1. The molecule has 0 aliphatic rings. The Kier molecular flexibility index (Phi) is 3.53. The highest BCUT2D eigenvalue weighted by Gasteiger charge is 2.18. The molecule has 2 heterocycles. The van der Waals surface area contributed by atoms with Gasteiger partial charge in [-0.15, -0.1) is 0 Å². The molecule has 6 nitrogen and oxygen atoms in total. The third-order valence-electron chi connectivity index (χ3n) is 2.22. The second kappa shape index (κ2) is 4.95. The topological polar surface area (TPSA) is 87.7 Å². The zero-order chi connectivity index (χ0) is 13.2. The average molecular weight is 287 g/mol. The normalized spacial score (nSPS) is 11.4. The van der Waals surface area contributed by atoms with Gasteiger partial charge in [-0.2, -0.15) is 8.42 Å². The number of aryl methyl sites for hydroxylation is 1. The van der Waals surface area contributed by atoms with Crippen molar-refractivity contribution >= 4 is 27.4 Å². The second-order valence-corrected chi connectivity index (χ2v) is 5.55. The number of aromatic nitrogens is 3. The molecule has 18 heavy (non-hydrogen) atoms. The molecule has 2 aromatic heterocycles. The van der Waals surface area contributed by atoms with Gasteiger partial charge in [0.1, 0.15) is 5.82 Å². The second-order valence-electron chi connectivity index (χ2n) is 3.49. The van der Waals surface area contributed by atoms with E-state index in [1.165, 1.54) is 12.4 Å². The van der Waals surface area contributed by atoms with Gasteiger partial charge >= 0.3 is 0 Å². The van der Waals surface area contributed by atoms with Crippen LogP contribution in [0.3, 0.4) is 0 Å². The van der Waals surface area contributed by atoms with Gasteiger partial charge in [-0.3, -0.25) is 4.72 Å². The maximum atomic E-state index is 12.0. The van der Waals surface area contributed by atoms with E-state index in [0.29, 0.717) is 12.2 Å². The molecule has 0 spiro atoms. The fraction of sp³-hybridized carbons (Fsp3) is 0.200. The predicted molar refractivity (Wildman–Crippen MR) is 68.0 cm³/mol. The number of pyridine rings is 1. The van der Waals surface area contributed by atoms with Gasteiger partial charge in [0.2, 0.25) is 0 Å². The fourth-order valence-corrected chi connectivity index (χ4v) is 2.50. The Morgan fingerprint density at radius 3 is 2.83 bits per heavy atom. The van der Waals surface area contributed by atoms with Crippen molar-refractivity contribution in [2.24, 2.45) is 0 Å². The zero-order valence-electron chi connectivity index (χ0n) is 9.51. The van der Waals surface area contributed by atoms with Crippen molar-refractivity contribution in [3.05, 3.63) is 35.4 Å². The van der Waals surface area contributed by atoms with Gasteiger partial charge in [-0.05, 0) is 12.1 Å². The van der Waals surface area contributed by atoms with Crippen molar-refractivity contribution < 1.29 is 8.42 Å². The van der Waals surface area contributed by atoms with Crippen LogP contribution in [0.1, 0.15) is 12.7 Å². The van der Waals surface area contributed by atoms with Crippen LogP contribution in [0.5, 0.6) is 0 Å². The van der Waals surface area contributed by atoms with Crippen LogP contribution in [0.4, 0.5) is 5.82 Å². The summed E-state index contributed by atoms with van der Waals surface area (Å²) in [6, 6.07) is 3.17. The van der Waals surface area contributed by atoms with Crippen LogP contribution in [0.25, 0.3) is 0 Å². The summed E-state index contributed by atoms with van der Waals surface area (Å²) in [5, 5.41) is 0.220. The minimum atomic E-state index is -3.74. The van der Waals surface area contributed by atoms with Gasteiger partial charge in [-0.1, -0.05) is 18.5 Å². The van der Waals surface area contributed by atoms with Crippen LogP contribution in [0.15, 0.2) is 29.6 Å². The van der Waals surface area contributed by atoms with Crippen LogP contribution in [-0.2, 0) is 16.4 Å². The minimum absolute atomic E-state index is 0.0129. The van der Waals surface area contributed by atoms with E-state index in [9.17, 15) is 8.42 Å². The number of nitrogens with one attached hydrogen (secondary N) is 2. The summed E-state index contributed by atoms with van der Waals surface area (Å²) in [5.74, 6) is 0.689. The van der Waals surface area contributed by atoms with E-state index in [-0.39, 0.29) is 15.9 Å². The minimum Gasteiger partial charge on any atom is -0.332 e. The van der Waals surface area contributed by atoms with E-state index in [2.05, 4.69) is 19.7 Å². The number of hydrogen-bond donors (Lipinski definition) is 2. The highest BCUT2D eigenvalue weighted by atomic mass is 35.5. The average Bonchev–Trinajstić information content (AvgIpc) is 2.81. The quantitative estimate of drug-likeness (QED) is 0.897. The van der Waals surface area contributed by atoms with E-state index in [1.807, 2.05) is 6.92 Å². The summed E-state index contributed by atoms with van der Waals surface area (Å²) in [7, 11) is -3.74.